The number of carbonyl (C=O) groups is 1. The third-order valence-electron chi connectivity index (χ3n) is 4.22. The van der Waals surface area contributed by atoms with Crippen LogP contribution in [0.1, 0.15) is 49.9 Å². The molecular weight excluding hydrogens is 240 g/mol. The van der Waals surface area contributed by atoms with E-state index in [1.165, 1.54) is 0 Å². The maximum Gasteiger partial charge on any atom is 0.223 e. The lowest BCUT2D eigenvalue weighted by atomic mass is 9.90. The third-order valence-corrected chi connectivity index (χ3v) is 4.22. The zero-order valence-corrected chi connectivity index (χ0v) is 11.7. The van der Waals surface area contributed by atoms with Crippen LogP contribution in [0.5, 0.6) is 0 Å². The van der Waals surface area contributed by atoms with Gasteiger partial charge in [-0.2, -0.15) is 5.10 Å². The fourth-order valence-electron chi connectivity index (χ4n) is 3.18. The molecule has 0 spiro atoms. The summed E-state index contributed by atoms with van der Waals surface area (Å²) in [4.78, 5) is 14.3. The Bertz CT molecular complexity index is 492. The number of amides is 1. The van der Waals surface area contributed by atoms with Crippen molar-refractivity contribution in [3.05, 3.63) is 17.5 Å². The Balaban J connectivity index is 2.00. The van der Waals surface area contributed by atoms with Crippen molar-refractivity contribution in [1.82, 2.24) is 14.7 Å². The second-order valence-corrected chi connectivity index (χ2v) is 5.74. The number of hydrogen-bond acceptors (Lipinski definition) is 3. The van der Waals surface area contributed by atoms with Crippen LogP contribution < -0.4 is 5.73 Å². The molecule has 1 aliphatic carbocycles. The van der Waals surface area contributed by atoms with E-state index >= 15 is 0 Å². The van der Waals surface area contributed by atoms with Crippen LogP contribution in [0.4, 0.5) is 0 Å². The molecule has 19 heavy (non-hydrogen) atoms. The molecule has 2 fully saturated rings. The SMILES string of the molecule is CCc1nn(C)cc1C1C(N)CCC(=O)N1C1CC1. The highest BCUT2D eigenvalue weighted by Gasteiger charge is 2.44. The number of rotatable bonds is 3. The molecule has 104 valence electrons. The molecule has 2 unspecified atom stereocenters. The van der Waals surface area contributed by atoms with Gasteiger partial charge in [0.1, 0.15) is 0 Å². The Morgan fingerprint density at radius 3 is 2.79 bits per heavy atom. The monoisotopic (exact) mass is 262 g/mol. The number of hydrogen-bond donors (Lipinski definition) is 1. The molecule has 1 saturated heterocycles. The summed E-state index contributed by atoms with van der Waals surface area (Å²) < 4.78 is 1.84. The maximum atomic E-state index is 12.3. The molecule has 1 amide bonds. The summed E-state index contributed by atoms with van der Waals surface area (Å²) in [5.74, 6) is 0.264. The highest BCUT2D eigenvalue weighted by atomic mass is 16.2. The smallest absolute Gasteiger partial charge is 0.223 e. The maximum absolute atomic E-state index is 12.3. The second-order valence-electron chi connectivity index (χ2n) is 5.74. The molecule has 2 atom stereocenters. The van der Waals surface area contributed by atoms with Gasteiger partial charge in [0, 0.05) is 37.3 Å². The molecular formula is C14H22N4O. The van der Waals surface area contributed by atoms with Crippen molar-refractivity contribution < 1.29 is 4.79 Å². The molecule has 0 bridgehead atoms. The lowest BCUT2D eigenvalue weighted by Gasteiger charge is -2.40. The Hall–Kier alpha value is -1.36. The van der Waals surface area contributed by atoms with Gasteiger partial charge in [-0.05, 0) is 25.7 Å². The molecule has 5 heteroatoms. The van der Waals surface area contributed by atoms with Gasteiger partial charge in [-0.1, -0.05) is 6.92 Å². The Morgan fingerprint density at radius 1 is 1.42 bits per heavy atom. The van der Waals surface area contributed by atoms with E-state index in [4.69, 9.17) is 5.73 Å². The van der Waals surface area contributed by atoms with Crippen molar-refractivity contribution in [2.45, 2.75) is 57.2 Å². The summed E-state index contributed by atoms with van der Waals surface area (Å²) in [6.45, 7) is 2.10. The summed E-state index contributed by atoms with van der Waals surface area (Å²) >= 11 is 0. The zero-order valence-electron chi connectivity index (χ0n) is 11.7. The summed E-state index contributed by atoms with van der Waals surface area (Å²) in [7, 11) is 1.93. The molecule has 1 aromatic rings. The number of piperidine rings is 1. The molecule has 1 aromatic heterocycles. The minimum absolute atomic E-state index is 0.0254. The van der Waals surface area contributed by atoms with E-state index in [0.29, 0.717) is 12.5 Å². The van der Waals surface area contributed by atoms with Crippen LogP contribution in [0.15, 0.2) is 6.20 Å². The standard InChI is InChI=1S/C14H22N4O/c1-3-12-10(8-17(2)16-12)14-11(15)6-7-13(19)18(14)9-4-5-9/h8-9,11,14H,3-7,15H2,1-2H3. The van der Waals surface area contributed by atoms with E-state index in [0.717, 1.165) is 36.9 Å². The predicted octanol–water partition coefficient (Wildman–Crippen LogP) is 1.14. The lowest BCUT2D eigenvalue weighted by molar-refractivity contribution is -0.138. The molecule has 2 heterocycles. The summed E-state index contributed by atoms with van der Waals surface area (Å²) in [6, 6.07) is 0.471. The van der Waals surface area contributed by atoms with Crippen LogP contribution in [0.2, 0.25) is 0 Å². The number of aromatic nitrogens is 2. The van der Waals surface area contributed by atoms with E-state index in [-0.39, 0.29) is 18.0 Å². The van der Waals surface area contributed by atoms with Crippen molar-refractivity contribution in [3.8, 4) is 0 Å². The van der Waals surface area contributed by atoms with E-state index in [2.05, 4.69) is 12.0 Å². The van der Waals surface area contributed by atoms with Crippen molar-refractivity contribution in [3.63, 3.8) is 0 Å². The van der Waals surface area contributed by atoms with Crippen LogP contribution in [0.3, 0.4) is 0 Å². The zero-order chi connectivity index (χ0) is 13.6. The van der Waals surface area contributed by atoms with Crippen molar-refractivity contribution in [2.24, 2.45) is 12.8 Å². The fraction of sp³-hybridized carbons (Fsp3) is 0.714. The largest absolute Gasteiger partial charge is 0.331 e. The first-order chi connectivity index (χ1) is 9.11. The van der Waals surface area contributed by atoms with Crippen LogP contribution >= 0.6 is 0 Å². The van der Waals surface area contributed by atoms with Gasteiger partial charge in [-0.3, -0.25) is 9.48 Å². The Labute approximate surface area is 113 Å². The van der Waals surface area contributed by atoms with Gasteiger partial charge >= 0.3 is 0 Å². The second kappa shape index (κ2) is 4.63. The minimum Gasteiger partial charge on any atom is -0.331 e. The first kappa shape index (κ1) is 12.7. The topological polar surface area (TPSA) is 64.2 Å². The van der Waals surface area contributed by atoms with Crippen molar-refractivity contribution in [2.75, 3.05) is 0 Å². The quantitative estimate of drug-likeness (QED) is 0.888. The number of likely N-dealkylation sites (tertiary alicyclic amines) is 1. The van der Waals surface area contributed by atoms with Gasteiger partial charge in [0.25, 0.3) is 0 Å². The normalized spacial score (nSPS) is 27.9. The van der Waals surface area contributed by atoms with Gasteiger partial charge in [0.05, 0.1) is 11.7 Å². The van der Waals surface area contributed by atoms with Gasteiger partial charge in [-0.15, -0.1) is 0 Å². The van der Waals surface area contributed by atoms with Crippen molar-refractivity contribution >= 4 is 5.91 Å². The Morgan fingerprint density at radius 2 is 2.16 bits per heavy atom. The average Bonchev–Trinajstić information content (AvgIpc) is 3.14. The molecule has 2 N–H and O–H groups in total. The summed E-state index contributed by atoms with van der Waals surface area (Å²) in [5, 5.41) is 4.50. The fourth-order valence-corrected chi connectivity index (χ4v) is 3.18. The number of carbonyl (C=O) groups excluding carboxylic acids is 1. The van der Waals surface area contributed by atoms with E-state index in [1.807, 2.05) is 22.8 Å². The van der Waals surface area contributed by atoms with Crippen LogP contribution in [0, 0.1) is 0 Å². The van der Waals surface area contributed by atoms with Gasteiger partial charge < -0.3 is 10.6 Å². The molecule has 5 nitrogen and oxygen atoms in total. The van der Waals surface area contributed by atoms with E-state index in [9.17, 15) is 4.79 Å². The van der Waals surface area contributed by atoms with Crippen molar-refractivity contribution in [1.29, 1.82) is 0 Å². The Kier molecular flexibility index (Phi) is 3.09. The first-order valence-corrected chi connectivity index (χ1v) is 7.21. The molecule has 2 aliphatic rings. The van der Waals surface area contributed by atoms with E-state index in [1.54, 1.807) is 0 Å². The van der Waals surface area contributed by atoms with Gasteiger partial charge in [0.2, 0.25) is 5.91 Å². The highest BCUT2D eigenvalue weighted by molar-refractivity contribution is 5.78. The molecule has 0 aromatic carbocycles. The summed E-state index contributed by atoms with van der Waals surface area (Å²) in [5.41, 5.74) is 8.55. The molecule has 1 saturated carbocycles. The van der Waals surface area contributed by atoms with Crippen LogP contribution in [-0.2, 0) is 18.3 Å². The van der Waals surface area contributed by atoms with Gasteiger partial charge in [0.15, 0.2) is 0 Å². The minimum atomic E-state index is 0.0254. The first-order valence-electron chi connectivity index (χ1n) is 7.21. The number of aryl methyl sites for hydroxylation is 2. The lowest BCUT2D eigenvalue weighted by Crippen LogP contribution is -2.50. The summed E-state index contributed by atoms with van der Waals surface area (Å²) in [6.07, 6.45) is 6.54. The highest BCUT2D eigenvalue weighted by Crippen LogP contribution is 2.40. The van der Waals surface area contributed by atoms with E-state index < -0.39 is 0 Å². The average molecular weight is 262 g/mol. The predicted molar refractivity (Wildman–Crippen MR) is 72.4 cm³/mol. The number of nitrogens with two attached hydrogens (primary N) is 1. The third kappa shape index (κ3) is 2.16. The van der Waals surface area contributed by atoms with Crippen LogP contribution in [0.25, 0.3) is 0 Å². The van der Waals surface area contributed by atoms with Gasteiger partial charge in [-0.25, -0.2) is 0 Å². The molecule has 1 aliphatic heterocycles. The molecule has 0 radical (unpaired) electrons. The number of nitrogens with zero attached hydrogens (tertiary/aromatic N) is 3. The van der Waals surface area contributed by atoms with Crippen LogP contribution in [-0.4, -0.2) is 32.7 Å². The molecule has 3 rings (SSSR count).